The fourth-order valence-corrected chi connectivity index (χ4v) is 3.25. The molecule has 1 saturated heterocycles. The average molecular weight is 264 g/mol. The molecule has 3 nitrogen and oxygen atoms in total. The Morgan fingerprint density at radius 3 is 2.72 bits per heavy atom. The summed E-state index contributed by atoms with van der Waals surface area (Å²) in [6.45, 7) is 2.70. The molecule has 1 saturated carbocycles. The molecule has 1 aromatic rings. The molecule has 2 fully saturated rings. The Hall–Kier alpha value is -1.03. The van der Waals surface area contributed by atoms with Crippen molar-refractivity contribution in [3.63, 3.8) is 0 Å². The number of piperidine rings is 1. The third-order valence-electron chi connectivity index (χ3n) is 3.79. The lowest BCUT2D eigenvalue weighted by atomic mass is 10.1. The van der Waals surface area contributed by atoms with E-state index in [9.17, 15) is 4.79 Å². The van der Waals surface area contributed by atoms with Gasteiger partial charge in [-0.3, -0.25) is 0 Å². The fourth-order valence-electron chi connectivity index (χ4n) is 2.59. The molecular weight excluding hydrogens is 244 g/mol. The predicted molar refractivity (Wildman–Crippen MR) is 73.7 cm³/mol. The molecule has 0 aromatic carbocycles. The summed E-state index contributed by atoms with van der Waals surface area (Å²) in [5, 5.41) is 4.24. The second-order valence-corrected chi connectivity index (χ2v) is 6.10. The first-order chi connectivity index (χ1) is 8.84. The molecule has 0 bridgehead atoms. The molecule has 1 aromatic heterocycles. The molecule has 0 unspecified atom stereocenters. The molecule has 98 valence electrons. The van der Waals surface area contributed by atoms with E-state index in [1.54, 1.807) is 11.3 Å². The SMILES string of the molecule is O=C(N1CCCCC1)N(Cc1ccsc1)C1CC1. The van der Waals surface area contributed by atoms with Crippen LogP contribution in [-0.4, -0.2) is 35.0 Å². The van der Waals surface area contributed by atoms with E-state index in [0.29, 0.717) is 6.04 Å². The van der Waals surface area contributed by atoms with Crippen molar-refractivity contribution in [2.45, 2.75) is 44.7 Å². The molecule has 0 radical (unpaired) electrons. The van der Waals surface area contributed by atoms with Crippen LogP contribution in [0.3, 0.4) is 0 Å². The number of rotatable bonds is 3. The highest BCUT2D eigenvalue weighted by Gasteiger charge is 2.35. The highest BCUT2D eigenvalue weighted by Crippen LogP contribution is 2.30. The minimum Gasteiger partial charge on any atom is -0.325 e. The number of hydrogen-bond donors (Lipinski definition) is 0. The van der Waals surface area contributed by atoms with Gasteiger partial charge in [-0.2, -0.15) is 11.3 Å². The van der Waals surface area contributed by atoms with E-state index in [1.807, 2.05) is 4.90 Å². The monoisotopic (exact) mass is 264 g/mol. The first-order valence-corrected chi connectivity index (χ1v) is 7.85. The number of carbonyl (C=O) groups is 1. The summed E-state index contributed by atoms with van der Waals surface area (Å²) < 4.78 is 0. The van der Waals surface area contributed by atoms with E-state index in [4.69, 9.17) is 0 Å². The van der Waals surface area contributed by atoms with Crippen LogP contribution in [-0.2, 0) is 6.54 Å². The summed E-state index contributed by atoms with van der Waals surface area (Å²) in [6.07, 6.45) is 5.98. The predicted octanol–water partition coefficient (Wildman–Crippen LogP) is 3.32. The van der Waals surface area contributed by atoms with Crippen LogP contribution in [0.15, 0.2) is 16.8 Å². The summed E-state index contributed by atoms with van der Waals surface area (Å²) in [4.78, 5) is 16.7. The molecule has 1 aliphatic heterocycles. The molecule has 0 atom stereocenters. The summed E-state index contributed by atoms with van der Waals surface area (Å²) >= 11 is 1.71. The number of amides is 2. The second kappa shape index (κ2) is 5.31. The number of urea groups is 1. The van der Waals surface area contributed by atoms with Gasteiger partial charge in [-0.25, -0.2) is 4.79 Å². The molecular formula is C14H20N2OS. The van der Waals surface area contributed by atoms with E-state index in [1.165, 1.54) is 37.7 Å². The molecule has 2 aliphatic rings. The zero-order valence-corrected chi connectivity index (χ0v) is 11.5. The largest absolute Gasteiger partial charge is 0.325 e. The molecule has 3 rings (SSSR count). The molecule has 2 amide bonds. The third-order valence-corrected chi connectivity index (χ3v) is 4.52. The summed E-state index contributed by atoms with van der Waals surface area (Å²) in [5.74, 6) is 0. The number of thiophene rings is 1. The van der Waals surface area contributed by atoms with E-state index < -0.39 is 0 Å². The Morgan fingerprint density at radius 1 is 1.33 bits per heavy atom. The number of carbonyl (C=O) groups excluding carboxylic acids is 1. The van der Waals surface area contributed by atoms with Gasteiger partial charge in [0.25, 0.3) is 0 Å². The van der Waals surface area contributed by atoms with Crippen molar-refractivity contribution >= 4 is 17.4 Å². The first-order valence-electron chi connectivity index (χ1n) is 6.91. The lowest BCUT2D eigenvalue weighted by Crippen LogP contribution is -2.46. The van der Waals surface area contributed by atoms with Gasteiger partial charge >= 0.3 is 6.03 Å². The zero-order valence-electron chi connectivity index (χ0n) is 10.7. The van der Waals surface area contributed by atoms with Crippen LogP contribution < -0.4 is 0 Å². The van der Waals surface area contributed by atoms with Gasteiger partial charge in [0, 0.05) is 25.7 Å². The van der Waals surface area contributed by atoms with E-state index >= 15 is 0 Å². The topological polar surface area (TPSA) is 23.6 Å². The molecule has 18 heavy (non-hydrogen) atoms. The summed E-state index contributed by atoms with van der Waals surface area (Å²) in [5.41, 5.74) is 1.28. The number of likely N-dealkylation sites (tertiary alicyclic amines) is 1. The van der Waals surface area contributed by atoms with Gasteiger partial charge in [-0.1, -0.05) is 0 Å². The lowest BCUT2D eigenvalue weighted by molar-refractivity contribution is 0.138. The van der Waals surface area contributed by atoms with Crippen molar-refractivity contribution in [2.24, 2.45) is 0 Å². The Kier molecular flexibility index (Phi) is 3.55. The maximum atomic E-state index is 12.6. The number of nitrogens with zero attached hydrogens (tertiary/aromatic N) is 2. The lowest BCUT2D eigenvalue weighted by Gasteiger charge is -2.33. The van der Waals surface area contributed by atoms with Gasteiger partial charge in [0.2, 0.25) is 0 Å². The minimum atomic E-state index is 0.267. The summed E-state index contributed by atoms with van der Waals surface area (Å²) in [6, 6.07) is 2.89. The average Bonchev–Trinajstić information content (AvgIpc) is 3.13. The fraction of sp³-hybridized carbons (Fsp3) is 0.643. The van der Waals surface area contributed by atoms with Crippen molar-refractivity contribution < 1.29 is 4.79 Å². The van der Waals surface area contributed by atoms with Crippen LogP contribution >= 0.6 is 11.3 Å². The summed E-state index contributed by atoms with van der Waals surface area (Å²) in [7, 11) is 0. The van der Waals surface area contributed by atoms with E-state index in [0.717, 1.165) is 19.6 Å². The molecule has 0 N–H and O–H groups in total. The van der Waals surface area contributed by atoms with Crippen LogP contribution in [0.2, 0.25) is 0 Å². The van der Waals surface area contributed by atoms with Gasteiger partial charge in [0.05, 0.1) is 0 Å². The molecule has 1 aliphatic carbocycles. The highest BCUT2D eigenvalue weighted by molar-refractivity contribution is 7.07. The van der Waals surface area contributed by atoms with Crippen LogP contribution in [0.1, 0.15) is 37.7 Å². The third kappa shape index (κ3) is 2.69. The highest BCUT2D eigenvalue weighted by atomic mass is 32.1. The van der Waals surface area contributed by atoms with Gasteiger partial charge in [-0.05, 0) is 54.5 Å². The first kappa shape index (κ1) is 12.0. The van der Waals surface area contributed by atoms with Gasteiger partial charge in [-0.15, -0.1) is 0 Å². The van der Waals surface area contributed by atoms with Crippen molar-refractivity contribution in [3.8, 4) is 0 Å². The van der Waals surface area contributed by atoms with Gasteiger partial charge in [0.1, 0.15) is 0 Å². The standard InChI is InChI=1S/C14H20N2OS/c17-14(15-7-2-1-3-8-15)16(13-4-5-13)10-12-6-9-18-11-12/h6,9,11,13H,1-5,7-8,10H2. The van der Waals surface area contributed by atoms with Crippen molar-refractivity contribution in [1.82, 2.24) is 9.80 Å². The maximum Gasteiger partial charge on any atom is 0.320 e. The van der Waals surface area contributed by atoms with Crippen molar-refractivity contribution in [1.29, 1.82) is 0 Å². The Labute approximate surface area is 112 Å². The van der Waals surface area contributed by atoms with Gasteiger partial charge in [0.15, 0.2) is 0 Å². The van der Waals surface area contributed by atoms with Crippen LogP contribution in [0, 0.1) is 0 Å². The van der Waals surface area contributed by atoms with Crippen LogP contribution in [0.4, 0.5) is 4.79 Å². The molecule has 2 heterocycles. The van der Waals surface area contributed by atoms with Crippen molar-refractivity contribution in [3.05, 3.63) is 22.4 Å². The van der Waals surface area contributed by atoms with Gasteiger partial charge < -0.3 is 9.80 Å². The smallest absolute Gasteiger partial charge is 0.320 e. The molecule has 0 spiro atoms. The zero-order chi connectivity index (χ0) is 12.4. The van der Waals surface area contributed by atoms with Crippen molar-refractivity contribution in [2.75, 3.05) is 13.1 Å². The normalized spacial score (nSPS) is 19.9. The molecule has 4 heteroatoms. The van der Waals surface area contributed by atoms with Crippen LogP contribution in [0.5, 0.6) is 0 Å². The minimum absolute atomic E-state index is 0.267. The van der Waals surface area contributed by atoms with E-state index in [-0.39, 0.29) is 6.03 Å². The van der Waals surface area contributed by atoms with Crippen LogP contribution in [0.25, 0.3) is 0 Å². The quantitative estimate of drug-likeness (QED) is 0.821. The second-order valence-electron chi connectivity index (χ2n) is 5.32. The number of hydrogen-bond acceptors (Lipinski definition) is 2. The maximum absolute atomic E-state index is 12.6. The Morgan fingerprint density at radius 2 is 2.11 bits per heavy atom. The Bertz CT molecular complexity index is 394. The van der Waals surface area contributed by atoms with E-state index in [2.05, 4.69) is 21.7 Å². The Balaban J connectivity index is 1.66.